The van der Waals surface area contributed by atoms with Crippen LogP contribution in [0.5, 0.6) is 0 Å². The predicted octanol–water partition coefficient (Wildman–Crippen LogP) is 14.8. The van der Waals surface area contributed by atoms with Crippen LogP contribution in [0.2, 0.25) is 0 Å². The highest BCUT2D eigenvalue weighted by molar-refractivity contribution is 6.02. The van der Waals surface area contributed by atoms with Crippen LogP contribution in [-0.2, 0) is 10.8 Å². The smallest absolute Gasteiger partial charge is 0.164 e. The fourth-order valence-electron chi connectivity index (χ4n) is 10.1. The van der Waals surface area contributed by atoms with E-state index in [1.807, 2.05) is 12.1 Å². The Kier molecular flexibility index (Phi) is 9.22. The fraction of sp³-hybridized carbons (Fsp3) is 0.121. The summed E-state index contributed by atoms with van der Waals surface area (Å²) >= 11 is 0. The molecule has 0 aliphatic heterocycles. The number of rotatable bonds is 8. The zero-order chi connectivity index (χ0) is 41.9. The molecular weight excluding hydrogens is 739 g/mol. The number of fused-ring (bicyclic) bond motifs is 4. The highest BCUT2D eigenvalue weighted by Crippen LogP contribution is 2.56. The highest BCUT2D eigenvalue weighted by atomic mass is 15.0. The third-order valence-electron chi connectivity index (χ3n) is 12.9. The lowest BCUT2D eigenvalue weighted by molar-refractivity contribution is 0.649. The first-order chi connectivity index (χ1) is 29.7. The third-order valence-corrected chi connectivity index (χ3v) is 12.9. The van der Waals surface area contributed by atoms with Gasteiger partial charge in [-0.2, -0.15) is 0 Å². The van der Waals surface area contributed by atoms with Gasteiger partial charge < -0.3 is 0 Å². The molecule has 3 heteroatoms. The van der Waals surface area contributed by atoms with Crippen LogP contribution >= 0.6 is 0 Å². The molecule has 0 saturated heterocycles. The molecule has 0 N–H and O–H groups in total. The minimum absolute atomic E-state index is 0.152. The van der Waals surface area contributed by atoms with Crippen molar-refractivity contribution in [1.82, 2.24) is 15.0 Å². The zero-order valence-electron chi connectivity index (χ0n) is 35.4. The van der Waals surface area contributed by atoms with Crippen LogP contribution in [0.1, 0.15) is 62.4 Å². The van der Waals surface area contributed by atoms with E-state index in [1.165, 1.54) is 50.1 Å². The second kappa shape index (κ2) is 14.8. The van der Waals surface area contributed by atoms with Gasteiger partial charge in [0, 0.05) is 27.5 Å². The van der Waals surface area contributed by atoms with E-state index in [0.29, 0.717) is 17.5 Å². The van der Waals surface area contributed by atoms with E-state index in [2.05, 4.69) is 211 Å². The molecule has 294 valence electrons. The molecule has 0 bridgehead atoms. The Bertz CT molecular complexity index is 2990. The summed E-state index contributed by atoms with van der Waals surface area (Å²) in [6.45, 7) is 16.0. The van der Waals surface area contributed by atoms with Crippen LogP contribution in [0.15, 0.2) is 194 Å². The van der Waals surface area contributed by atoms with Gasteiger partial charge in [-0.1, -0.05) is 210 Å². The first-order valence-electron chi connectivity index (χ1n) is 21.2. The highest BCUT2D eigenvalue weighted by Gasteiger charge is 2.42. The number of nitrogens with zero attached hydrogens (tertiary/aromatic N) is 3. The maximum atomic E-state index is 5.33. The number of hydrogen-bond acceptors (Lipinski definition) is 3. The van der Waals surface area contributed by atoms with Crippen LogP contribution < -0.4 is 0 Å². The summed E-state index contributed by atoms with van der Waals surface area (Å²) in [7, 11) is 0. The van der Waals surface area contributed by atoms with Crippen molar-refractivity contribution < 1.29 is 0 Å². The van der Waals surface area contributed by atoms with Gasteiger partial charge in [0.15, 0.2) is 17.5 Å². The van der Waals surface area contributed by atoms with Gasteiger partial charge in [0.1, 0.15) is 0 Å². The average molecular weight is 786 g/mol. The number of aromatic nitrogens is 3. The van der Waals surface area contributed by atoms with Crippen molar-refractivity contribution in [3.63, 3.8) is 0 Å². The van der Waals surface area contributed by atoms with Crippen LogP contribution in [0.3, 0.4) is 0 Å². The second-order valence-corrected chi connectivity index (χ2v) is 17.1. The molecule has 2 aliphatic carbocycles. The summed E-state index contributed by atoms with van der Waals surface area (Å²) in [5.41, 5.74) is 19.5. The van der Waals surface area contributed by atoms with Crippen molar-refractivity contribution in [2.24, 2.45) is 0 Å². The molecule has 0 atom stereocenters. The second-order valence-electron chi connectivity index (χ2n) is 17.1. The fourth-order valence-corrected chi connectivity index (χ4v) is 10.1. The van der Waals surface area contributed by atoms with Crippen molar-refractivity contribution in [2.45, 2.75) is 45.4 Å². The van der Waals surface area contributed by atoms with Gasteiger partial charge in [-0.05, 0) is 90.9 Å². The molecule has 0 spiro atoms. The molecular formula is C58H47N3. The van der Waals surface area contributed by atoms with E-state index >= 15 is 0 Å². The Morgan fingerprint density at radius 3 is 1.52 bits per heavy atom. The van der Waals surface area contributed by atoms with Gasteiger partial charge in [-0.15, -0.1) is 0 Å². The van der Waals surface area contributed by atoms with Gasteiger partial charge >= 0.3 is 0 Å². The largest absolute Gasteiger partial charge is 0.208 e. The minimum atomic E-state index is -0.368. The Morgan fingerprint density at radius 1 is 0.443 bits per heavy atom. The van der Waals surface area contributed by atoms with E-state index < -0.39 is 0 Å². The molecule has 1 heterocycles. The van der Waals surface area contributed by atoms with E-state index in [4.69, 9.17) is 15.0 Å². The van der Waals surface area contributed by atoms with Crippen LogP contribution in [0.4, 0.5) is 0 Å². The van der Waals surface area contributed by atoms with Gasteiger partial charge in [-0.3, -0.25) is 0 Å². The first kappa shape index (κ1) is 38.0. The average Bonchev–Trinajstić information content (AvgIpc) is 3.69. The summed E-state index contributed by atoms with van der Waals surface area (Å²) in [4.78, 5) is 15.9. The molecule has 10 rings (SSSR count). The van der Waals surface area contributed by atoms with Gasteiger partial charge in [0.05, 0.1) is 0 Å². The first-order valence-corrected chi connectivity index (χ1v) is 21.2. The SMILES string of the molecule is C=CC1=C(/C(=C\C)c2cccc3c2C(C)(C)c2ccccc2-3)C(C)(C)c2cc(-c3nc(-c4ccccc4-c4ccccc4)nc(-c4ccccc4-c4ccccc4)n3)ccc21. The van der Waals surface area contributed by atoms with Crippen molar-refractivity contribution >= 4 is 11.1 Å². The van der Waals surface area contributed by atoms with E-state index in [0.717, 1.165) is 44.5 Å². The number of hydrogen-bond donors (Lipinski definition) is 0. The number of benzene rings is 7. The molecule has 1 aromatic heterocycles. The molecule has 8 aromatic rings. The van der Waals surface area contributed by atoms with Crippen LogP contribution in [0, 0.1) is 0 Å². The van der Waals surface area contributed by atoms with Gasteiger partial charge in [-0.25, -0.2) is 15.0 Å². The lowest BCUT2D eigenvalue weighted by atomic mass is 9.72. The molecule has 0 saturated carbocycles. The molecule has 7 aromatic carbocycles. The van der Waals surface area contributed by atoms with Gasteiger partial charge in [0.25, 0.3) is 0 Å². The van der Waals surface area contributed by atoms with E-state index in [1.54, 1.807) is 0 Å². The summed E-state index contributed by atoms with van der Waals surface area (Å²) in [6.07, 6.45) is 4.36. The minimum Gasteiger partial charge on any atom is -0.208 e. The lowest BCUT2D eigenvalue weighted by Crippen LogP contribution is -2.21. The summed E-state index contributed by atoms with van der Waals surface area (Å²) in [5.74, 6) is 1.89. The predicted molar refractivity (Wildman–Crippen MR) is 255 cm³/mol. The van der Waals surface area contributed by atoms with Crippen molar-refractivity contribution in [3.8, 4) is 67.5 Å². The van der Waals surface area contributed by atoms with E-state index in [9.17, 15) is 0 Å². The third kappa shape index (κ3) is 6.15. The Hall–Kier alpha value is -7.23. The topological polar surface area (TPSA) is 38.7 Å². The molecule has 0 unspecified atom stereocenters. The Labute approximate surface area is 359 Å². The quantitative estimate of drug-likeness (QED) is 0.154. The molecule has 3 nitrogen and oxygen atoms in total. The Balaban J connectivity index is 1.14. The molecule has 2 aliphatic rings. The maximum Gasteiger partial charge on any atom is 0.164 e. The molecule has 0 amide bonds. The summed E-state index contributed by atoms with van der Waals surface area (Å²) in [6, 6.07) is 60.2. The number of allylic oxidation sites excluding steroid dienone is 5. The van der Waals surface area contributed by atoms with Crippen molar-refractivity contribution in [2.75, 3.05) is 0 Å². The zero-order valence-corrected chi connectivity index (χ0v) is 35.4. The molecule has 0 radical (unpaired) electrons. The van der Waals surface area contributed by atoms with Gasteiger partial charge in [0.2, 0.25) is 0 Å². The molecule has 61 heavy (non-hydrogen) atoms. The Morgan fingerprint density at radius 2 is 0.951 bits per heavy atom. The van der Waals surface area contributed by atoms with Crippen molar-refractivity contribution in [3.05, 3.63) is 222 Å². The van der Waals surface area contributed by atoms with E-state index in [-0.39, 0.29) is 10.8 Å². The summed E-state index contributed by atoms with van der Waals surface area (Å²) < 4.78 is 0. The van der Waals surface area contributed by atoms with Crippen LogP contribution in [-0.4, -0.2) is 15.0 Å². The maximum absolute atomic E-state index is 5.33. The standard InChI is InChI=1S/C58H47N3/c1-7-40-45-35-34-39(36-51(45)58(5,6)52(40)41(8-2)46-31-21-32-47-44-28-19-20-33-50(44)57(3,4)53(46)47)54-59-55(48-29-17-15-26-42(48)37-22-11-9-12-23-37)61-56(60-54)49-30-18-16-27-43(49)38-24-13-10-14-25-38/h7-36H,1H2,2-6H3/b41-8-. The normalized spacial score (nSPS) is 14.7. The van der Waals surface area contributed by atoms with Crippen molar-refractivity contribution in [1.29, 1.82) is 0 Å². The lowest BCUT2D eigenvalue weighted by Gasteiger charge is -2.31. The molecule has 0 fully saturated rings. The van der Waals surface area contributed by atoms with Crippen LogP contribution in [0.25, 0.3) is 78.7 Å². The summed E-state index contributed by atoms with van der Waals surface area (Å²) in [5, 5.41) is 0. The monoisotopic (exact) mass is 785 g/mol.